The van der Waals surface area contributed by atoms with Crippen LogP contribution in [0.25, 0.3) is 0 Å². The Bertz CT molecular complexity index is 358. The van der Waals surface area contributed by atoms with Gasteiger partial charge in [0.2, 0.25) is 11.8 Å². The summed E-state index contributed by atoms with van der Waals surface area (Å²) in [5.74, 6) is 1.27. The molecule has 5 nitrogen and oxygen atoms in total. The molecular weight excluding hydrogens is 218 g/mol. The molecule has 0 aromatic heterocycles. The van der Waals surface area contributed by atoms with E-state index < -0.39 is 0 Å². The van der Waals surface area contributed by atoms with Gasteiger partial charge in [-0.05, 0) is 18.8 Å². The summed E-state index contributed by atoms with van der Waals surface area (Å²) in [5, 5.41) is 6.13. The number of hydrogen-bond acceptors (Lipinski definition) is 3. The summed E-state index contributed by atoms with van der Waals surface area (Å²) in [6.45, 7) is 5.58. The quantitative estimate of drug-likeness (QED) is 0.627. The molecule has 2 amide bonds. The van der Waals surface area contributed by atoms with Crippen LogP contribution in [-0.2, 0) is 9.59 Å². The molecular formula is C12H19N3O2. The summed E-state index contributed by atoms with van der Waals surface area (Å²) in [6.07, 6.45) is 0.371. The van der Waals surface area contributed by atoms with Crippen LogP contribution in [0.3, 0.4) is 0 Å². The SMILES string of the molecule is CC1C2CNCC2CN1C(=O)C1CNC(=O)C1. The van der Waals surface area contributed by atoms with Crippen molar-refractivity contribution in [1.29, 1.82) is 0 Å². The lowest BCUT2D eigenvalue weighted by atomic mass is 9.95. The van der Waals surface area contributed by atoms with Crippen molar-refractivity contribution in [2.75, 3.05) is 26.2 Å². The van der Waals surface area contributed by atoms with Gasteiger partial charge in [0.25, 0.3) is 0 Å². The number of likely N-dealkylation sites (tertiary alicyclic amines) is 1. The number of fused-ring (bicyclic) bond motifs is 1. The van der Waals surface area contributed by atoms with Crippen LogP contribution in [0.15, 0.2) is 0 Å². The van der Waals surface area contributed by atoms with Gasteiger partial charge in [0.1, 0.15) is 0 Å². The van der Waals surface area contributed by atoms with Gasteiger partial charge in [-0.1, -0.05) is 0 Å². The number of rotatable bonds is 1. The maximum absolute atomic E-state index is 12.3. The minimum atomic E-state index is -0.128. The van der Waals surface area contributed by atoms with Crippen molar-refractivity contribution in [3.63, 3.8) is 0 Å². The van der Waals surface area contributed by atoms with Gasteiger partial charge in [-0.25, -0.2) is 0 Å². The zero-order valence-electron chi connectivity index (χ0n) is 10.1. The summed E-state index contributed by atoms with van der Waals surface area (Å²) in [5.41, 5.74) is 0. The molecule has 17 heavy (non-hydrogen) atoms. The topological polar surface area (TPSA) is 61.4 Å². The largest absolute Gasteiger partial charge is 0.355 e. The Morgan fingerprint density at radius 1 is 1.35 bits per heavy atom. The van der Waals surface area contributed by atoms with E-state index in [1.807, 2.05) is 4.90 Å². The maximum atomic E-state index is 12.3. The van der Waals surface area contributed by atoms with E-state index in [4.69, 9.17) is 0 Å². The highest BCUT2D eigenvalue weighted by Crippen LogP contribution is 2.33. The van der Waals surface area contributed by atoms with Crippen molar-refractivity contribution in [2.24, 2.45) is 17.8 Å². The minimum absolute atomic E-state index is 0.0112. The first kappa shape index (κ1) is 11.0. The molecule has 4 atom stereocenters. The van der Waals surface area contributed by atoms with Gasteiger partial charge in [-0.15, -0.1) is 0 Å². The van der Waals surface area contributed by atoms with Crippen LogP contribution in [0, 0.1) is 17.8 Å². The molecule has 0 bridgehead atoms. The van der Waals surface area contributed by atoms with E-state index in [2.05, 4.69) is 17.6 Å². The second-order valence-corrected chi connectivity index (χ2v) is 5.52. The Kier molecular flexibility index (Phi) is 2.58. The van der Waals surface area contributed by atoms with Crippen LogP contribution in [0.1, 0.15) is 13.3 Å². The van der Waals surface area contributed by atoms with Crippen molar-refractivity contribution in [3.8, 4) is 0 Å². The van der Waals surface area contributed by atoms with Gasteiger partial charge in [0.05, 0.1) is 5.92 Å². The molecule has 94 valence electrons. The summed E-state index contributed by atoms with van der Waals surface area (Å²) < 4.78 is 0. The van der Waals surface area contributed by atoms with Crippen LogP contribution >= 0.6 is 0 Å². The Labute approximate surface area is 101 Å². The molecule has 3 fully saturated rings. The van der Waals surface area contributed by atoms with Crippen LogP contribution in [-0.4, -0.2) is 48.9 Å². The minimum Gasteiger partial charge on any atom is -0.355 e. The average molecular weight is 237 g/mol. The predicted molar refractivity (Wildman–Crippen MR) is 62.1 cm³/mol. The lowest BCUT2D eigenvalue weighted by molar-refractivity contribution is -0.136. The fourth-order valence-electron chi connectivity index (χ4n) is 3.47. The lowest BCUT2D eigenvalue weighted by Gasteiger charge is -2.26. The maximum Gasteiger partial charge on any atom is 0.228 e. The fraction of sp³-hybridized carbons (Fsp3) is 0.833. The molecule has 0 spiro atoms. The van der Waals surface area contributed by atoms with Crippen LogP contribution < -0.4 is 10.6 Å². The fourth-order valence-corrected chi connectivity index (χ4v) is 3.47. The smallest absolute Gasteiger partial charge is 0.228 e. The van der Waals surface area contributed by atoms with E-state index in [-0.39, 0.29) is 17.7 Å². The highest BCUT2D eigenvalue weighted by molar-refractivity contribution is 5.89. The zero-order chi connectivity index (χ0) is 12.0. The normalized spacial score (nSPS) is 40.5. The standard InChI is InChI=1S/C12H19N3O2/c1-7-10-5-13-3-9(10)6-15(7)12(17)8-2-11(16)14-4-8/h7-10,13H,2-6H2,1H3,(H,14,16). The number of nitrogens with one attached hydrogen (secondary N) is 2. The van der Waals surface area contributed by atoms with Crippen LogP contribution in [0.4, 0.5) is 0 Å². The third-order valence-corrected chi connectivity index (χ3v) is 4.54. The van der Waals surface area contributed by atoms with E-state index in [1.54, 1.807) is 0 Å². The summed E-state index contributed by atoms with van der Waals surface area (Å²) in [7, 11) is 0. The number of nitrogens with zero attached hydrogens (tertiary/aromatic N) is 1. The van der Waals surface area contributed by atoms with Crippen molar-refractivity contribution >= 4 is 11.8 Å². The molecule has 0 aliphatic carbocycles. The molecule has 5 heteroatoms. The molecule has 3 heterocycles. The molecule has 0 radical (unpaired) electrons. The third kappa shape index (κ3) is 1.73. The average Bonchev–Trinajstić information content (AvgIpc) is 2.96. The van der Waals surface area contributed by atoms with Gasteiger partial charge in [0, 0.05) is 38.6 Å². The summed E-state index contributed by atoms with van der Waals surface area (Å²) in [6, 6.07) is 0.318. The third-order valence-electron chi connectivity index (χ3n) is 4.54. The summed E-state index contributed by atoms with van der Waals surface area (Å²) in [4.78, 5) is 25.5. The molecule has 3 rings (SSSR count). The van der Waals surface area contributed by atoms with Gasteiger partial charge in [-0.2, -0.15) is 0 Å². The van der Waals surface area contributed by atoms with Gasteiger partial charge in [0.15, 0.2) is 0 Å². The molecule has 4 unspecified atom stereocenters. The van der Waals surface area contributed by atoms with E-state index in [0.717, 1.165) is 19.6 Å². The van der Waals surface area contributed by atoms with Gasteiger partial charge < -0.3 is 15.5 Å². The second kappa shape index (κ2) is 3.98. The predicted octanol–water partition coefficient (Wildman–Crippen LogP) is -0.811. The van der Waals surface area contributed by atoms with Gasteiger partial charge >= 0.3 is 0 Å². The molecule has 0 aromatic rings. The number of amides is 2. The van der Waals surface area contributed by atoms with Crippen molar-refractivity contribution in [2.45, 2.75) is 19.4 Å². The number of carbonyl (C=O) groups excluding carboxylic acids is 2. The van der Waals surface area contributed by atoms with Crippen molar-refractivity contribution in [3.05, 3.63) is 0 Å². The van der Waals surface area contributed by atoms with Crippen LogP contribution in [0.2, 0.25) is 0 Å². The van der Waals surface area contributed by atoms with E-state index >= 15 is 0 Å². The molecule has 3 saturated heterocycles. The van der Waals surface area contributed by atoms with Crippen LogP contribution in [0.5, 0.6) is 0 Å². The molecule has 0 saturated carbocycles. The Morgan fingerprint density at radius 3 is 2.82 bits per heavy atom. The first-order chi connectivity index (χ1) is 8.16. The first-order valence-electron chi connectivity index (χ1n) is 6.44. The zero-order valence-corrected chi connectivity index (χ0v) is 10.1. The Hall–Kier alpha value is -1.10. The molecule has 3 aliphatic rings. The summed E-state index contributed by atoms with van der Waals surface area (Å²) >= 11 is 0. The Balaban J connectivity index is 1.69. The molecule has 2 N–H and O–H groups in total. The Morgan fingerprint density at radius 2 is 2.18 bits per heavy atom. The monoisotopic (exact) mass is 237 g/mol. The molecule has 3 aliphatic heterocycles. The lowest BCUT2D eigenvalue weighted by Crippen LogP contribution is -2.42. The highest BCUT2D eigenvalue weighted by Gasteiger charge is 2.45. The first-order valence-corrected chi connectivity index (χ1v) is 6.44. The van der Waals surface area contributed by atoms with Gasteiger partial charge in [-0.3, -0.25) is 9.59 Å². The number of hydrogen-bond donors (Lipinski definition) is 2. The molecule has 0 aromatic carbocycles. The second-order valence-electron chi connectivity index (χ2n) is 5.52. The van der Waals surface area contributed by atoms with E-state index in [1.165, 1.54) is 0 Å². The van der Waals surface area contributed by atoms with E-state index in [9.17, 15) is 9.59 Å². The van der Waals surface area contributed by atoms with E-state index in [0.29, 0.717) is 30.8 Å². The highest BCUT2D eigenvalue weighted by atomic mass is 16.2. The van der Waals surface area contributed by atoms with Crippen molar-refractivity contribution in [1.82, 2.24) is 15.5 Å². The van der Waals surface area contributed by atoms with Crippen molar-refractivity contribution < 1.29 is 9.59 Å². The number of carbonyl (C=O) groups is 2.